The second-order valence-electron chi connectivity index (χ2n) is 4.53. The number of nitrogens with one attached hydrogen (secondary N) is 1. The summed E-state index contributed by atoms with van der Waals surface area (Å²) >= 11 is 3.39. The Hall–Kier alpha value is -2.01. The number of nitrogens with two attached hydrogens (primary N) is 1. The molecule has 0 spiro atoms. The van der Waals surface area contributed by atoms with Crippen LogP contribution in [0.3, 0.4) is 0 Å². The Kier molecular flexibility index (Phi) is 5.22. The molecule has 0 aliphatic carbocycles. The zero-order valence-electron chi connectivity index (χ0n) is 11.7. The summed E-state index contributed by atoms with van der Waals surface area (Å²) < 4.78 is 6.73. The first-order valence-corrected chi connectivity index (χ1v) is 7.44. The number of benzene rings is 2. The molecule has 3 N–H and O–H groups in total. The highest BCUT2D eigenvalue weighted by Crippen LogP contribution is 2.24. The Morgan fingerprint density at radius 3 is 2.62 bits per heavy atom. The quantitative estimate of drug-likeness (QED) is 0.814. The van der Waals surface area contributed by atoms with E-state index in [1.807, 2.05) is 31.2 Å². The molecule has 0 atom stereocenters. The van der Waals surface area contributed by atoms with Crippen molar-refractivity contribution in [2.75, 3.05) is 12.3 Å². The molecule has 0 heterocycles. The monoisotopic (exact) mass is 348 g/mol. The van der Waals surface area contributed by atoms with Crippen molar-refractivity contribution < 1.29 is 9.53 Å². The first kappa shape index (κ1) is 15.4. The number of hydrogen-bond donors (Lipinski definition) is 2. The highest BCUT2D eigenvalue weighted by atomic mass is 79.9. The van der Waals surface area contributed by atoms with Gasteiger partial charge in [0.15, 0.2) is 0 Å². The molecule has 0 bridgehead atoms. The normalized spacial score (nSPS) is 10.2. The van der Waals surface area contributed by atoms with Gasteiger partial charge in [-0.15, -0.1) is 0 Å². The maximum Gasteiger partial charge on any atom is 0.251 e. The van der Waals surface area contributed by atoms with Crippen molar-refractivity contribution in [1.82, 2.24) is 5.32 Å². The van der Waals surface area contributed by atoms with E-state index in [1.165, 1.54) is 0 Å². The standard InChI is InChI=1S/C16H17BrN2O2/c1-2-19-16(20)12-5-8-14(18)15(9-12)21-10-11-3-6-13(17)7-4-11/h3-9H,2,10,18H2,1H3,(H,19,20). The molecular formula is C16H17BrN2O2. The van der Waals surface area contributed by atoms with Crippen molar-refractivity contribution in [3.8, 4) is 5.75 Å². The molecule has 1 amide bonds. The molecule has 4 nitrogen and oxygen atoms in total. The first-order valence-electron chi connectivity index (χ1n) is 6.65. The third kappa shape index (κ3) is 4.23. The van der Waals surface area contributed by atoms with E-state index < -0.39 is 0 Å². The van der Waals surface area contributed by atoms with Crippen LogP contribution in [-0.2, 0) is 6.61 Å². The van der Waals surface area contributed by atoms with Crippen LogP contribution in [-0.4, -0.2) is 12.5 Å². The van der Waals surface area contributed by atoms with Gasteiger partial charge in [-0.05, 0) is 42.8 Å². The molecule has 2 aromatic rings. The fourth-order valence-electron chi connectivity index (χ4n) is 1.80. The van der Waals surface area contributed by atoms with Gasteiger partial charge in [0.2, 0.25) is 0 Å². The van der Waals surface area contributed by atoms with Crippen LogP contribution in [0.25, 0.3) is 0 Å². The smallest absolute Gasteiger partial charge is 0.251 e. The van der Waals surface area contributed by atoms with E-state index in [-0.39, 0.29) is 5.91 Å². The Morgan fingerprint density at radius 2 is 1.95 bits per heavy atom. The highest BCUT2D eigenvalue weighted by Gasteiger charge is 2.08. The van der Waals surface area contributed by atoms with E-state index in [0.717, 1.165) is 10.0 Å². The van der Waals surface area contributed by atoms with Crippen molar-refractivity contribution in [2.45, 2.75) is 13.5 Å². The maximum atomic E-state index is 11.8. The Morgan fingerprint density at radius 1 is 1.24 bits per heavy atom. The fraction of sp³-hybridized carbons (Fsp3) is 0.188. The lowest BCUT2D eigenvalue weighted by Gasteiger charge is -2.11. The van der Waals surface area contributed by atoms with Crippen molar-refractivity contribution in [3.63, 3.8) is 0 Å². The summed E-state index contributed by atoms with van der Waals surface area (Å²) in [5.41, 5.74) is 7.97. The van der Waals surface area contributed by atoms with Gasteiger partial charge in [0.05, 0.1) is 5.69 Å². The molecule has 2 rings (SSSR count). The summed E-state index contributed by atoms with van der Waals surface area (Å²) in [6.07, 6.45) is 0. The number of halogens is 1. The van der Waals surface area contributed by atoms with Gasteiger partial charge in [0.25, 0.3) is 5.91 Å². The molecule has 0 unspecified atom stereocenters. The number of nitrogen functional groups attached to an aromatic ring is 1. The van der Waals surface area contributed by atoms with Crippen LogP contribution in [0.2, 0.25) is 0 Å². The lowest BCUT2D eigenvalue weighted by molar-refractivity contribution is 0.0955. The molecule has 21 heavy (non-hydrogen) atoms. The number of amides is 1. The number of carbonyl (C=O) groups excluding carboxylic acids is 1. The van der Waals surface area contributed by atoms with E-state index in [4.69, 9.17) is 10.5 Å². The average molecular weight is 349 g/mol. The molecule has 0 radical (unpaired) electrons. The van der Waals surface area contributed by atoms with Gasteiger partial charge in [0, 0.05) is 16.6 Å². The molecule has 0 fully saturated rings. The molecule has 0 saturated heterocycles. The van der Waals surface area contributed by atoms with Crippen LogP contribution in [0.5, 0.6) is 5.75 Å². The van der Waals surface area contributed by atoms with E-state index in [2.05, 4.69) is 21.2 Å². The minimum Gasteiger partial charge on any atom is -0.487 e. The molecule has 0 aromatic heterocycles. The molecule has 0 saturated carbocycles. The Bertz CT molecular complexity index is 627. The van der Waals surface area contributed by atoms with Crippen molar-refractivity contribution in [2.24, 2.45) is 0 Å². The second kappa shape index (κ2) is 7.13. The molecule has 5 heteroatoms. The molecule has 110 valence electrons. The summed E-state index contributed by atoms with van der Waals surface area (Å²) in [5.74, 6) is 0.382. The van der Waals surface area contributed by atoms with E-state index >= 15 is 0 Å². The third-order valence-corrected chi connectivity index (χ3v) is 3.45. The average Bonchev–Trinajstić information content (AvgIpc) is 2.48. The van der Waals surface area contributed by atoms with Crippen molar-refractivity contribution in [1.29, 1.82) is 0 Å². The van der Waals surface area contributed by atoms with Gasteiger partial charge in [-0.3, -0.25) is 4.79 Å². The predicted octanol–water partition coefficient (Wildman–Crippen LogP) is 3.36. The van der Waals surface area contributed by atoms with Gasteiger partial charge in [-0.2, -0.15) is 0 Å². The van der Waals surface area contributed by atoms with Gasteiger partial charge < -0.3 is 15.8 Å². The van der Waals surface area contributed by atoms with Crippen molar-refractivity contribution in [3.05, 3.63) is 58.1 Å². The van der Waals surface area contributed by atoms with Crippen LogP contribution < -0.4 is 15.8 Å². The molecule has 0 aliphatic heterocycles. The SMILES string of the molecule is CCNC(=O)c1ccc(N)c(OCc2ccc(Br)cc2)c1. The van der Waals surface area contributed by atoms with Gasteiger partial charge >= 0.3 is 0 Å². The maximum absolute atomic E-state index is 11.8. The Labute approximate surface area is 132 Å². The van der Waals surface area contributed by atoms with E-state index in [9.17, 15) is 4.79 Å². The topological polar surface area (TPSA) is 64.4 Å². The van der Waals surface area contributed by atoms with E-state index in [1.54, 1.807) is 18.2 Å². The molecular weight excluding hydrogens is 332 g/mol. The first-order chi connectivity index (χ1) is 10.1. The lowest BCUT2D eigenvalue weighted by Crippen LogP contribution is -2.22. The number of carbonyl (C=O) groups is 1. The minimum atomic E-state index is -0.133. The van der Waals surface area contributed by atoms with Crippen LogP contribution >= 0.6 is 15.9 Å². The number of rotatable bonds is 5. The number of hydrogen-bond acceptors (Lipinski definition) is 3. The van der Waals surface area contributed by atoms with Gasteiger partial charge in [-0.1, -0.05) is 28.1 Å². The summed E-state index contributed by atoms with van der Waals surface area (Å²) in [5, 5.41) is 2.75. The fourth-order valence-corrected chi connectivity index (χ4v) is 2.07. The predicted molar refractivity (Wildman–Crippen MR) is 87.3 cm³/mol. The molecule has 0 aliphatic rings. The Balaban J connectivity index is 2.10. The lowest BCUT2D eigenvalue weighted by atomic mass is 10.1. The van der Waals surface area contributed by atoms with Gasteiger partial charge in [0.1, 0.15) is 12.4 Å². The second-order valence-corrected chi connectivity index (χ2v) is 5.44. The third-order valence-electron chi connectivity index (χ3n) is 2.92. The zero-order valence-corrected chi connectivity index (χ0v) is 13.3. The number of ether oxygens (including phenoxy) is 1. The van der Waals surface area contributed by atoms with Crippen LogP contribution in [0.1, 0.15) is 22.8 Å². The summed E-state index contributed by atoms with van der Waals surface area (Å²) in [7, 11) is 0. The van der Waals surface area contributed by atoms with Gasteiger partial charge in [-0.25, -0.2) is 0 Å². The summed E-state index contributed by atoms with van der Waals surface area (Å²) in [6, 6.07) is 12.9. The van der Waals surface area contributed by atoms with Crippen molar-refractivity contribution >= 4 is 27.5 Å². The molecule has 2 aromatic carbocycles. The van der Waals surface area contributed by atoms with Crippen LogP contribution in [0.4, 0.5) is 5.69 Å². The van der Waals surface area contributed by atoms with Crippen LogP contribution in [0.15, 0.2) is 46.9 Å². The number of anilines is 1. The minimum absolute atomic E-state index is 0.133. The highest BCUT2D eigenvalue weighted by molar-refractivity contribution is 9.10. The van der Waals surface area contributed by atoms with Crippen LogP contribution in [0, 0.1) is 0 Å². The zero-order chi connectivity index (χ0) is 15.2. The summed E-state index contributed by atoms with van der Waals surface area (Å²) in [6.45, 7) is 2.86. The summed E-state index contributed by atoms with van der Waals surface area (Å²) in [4.78, 5) is 11.8. The van der Waals surface area contributed by atoms with E-state index in [0.29, 0.717) is 30.2 Å². The largest absolute Gasteiger partial charge is 0.487 e.